The first kappa shape index (κ1) is 63.5. The number of dihydropyridines is 1. The molecule has 0 aromatic heterocycles. The molecule has 8 nitrogen and oxygen atoms in total. The number of hydrogen-bond donors (Lipinski definition) is 6. The second-order valence-corrected chi connectivity index (χ2v) is 33.1. The zero-order valence-electron chi connectivity index (χ0n) is 57.1. The predicted molar refractivity (Wildman–Crippen MR) is 381 cm³/mol. The standard InChI is InChI=1S/C87H106N2O6/c1-82-39-14-40-84-51-72-71-48-58-17-12-21-62(47-58)64-30-33-78(89-54-64)88-45-13-23-67(59-18-8-5-9-19-59)65(55-90)29-32-70(80(93)94)79-76(91)53-87-75(52-84)74(86(81(82)84,44-37-77(82)92)73(72)49-63-20-10-11-22-69(63)71)50-66(83(79,87)2)36-43-85(87)41-34-61(35-42-85)68(31-26-56-15-6-4-7-16-56)60-27-24-57(25-28-60)38-46-95-3/h4,6-7,10-12,14-17,20-22,24-25,27-28,30,33,40,47,49,51,55,59,61,66-68,70,73,76-77,79,81,88-92H,5,8-9,13,18-19,23,26,29,31-32,34-39,41-46,48,50,52-54H2,1-3H3,(H,93,94). The largest absolute Gasteiger partial charge is 0.516 e. The highest BCUT2D eigenvalue weighted by molar-refractivity contribution is 5.78. The lowest BCUT2D eigenvalue weighted by Gasteiger charge is -2.76. The van der Waals surface area contributed by atoms with Gasteiger partial charge in [0, 0.05) is 53.7 Å². The topological polar surface area (TPSA) is 131 Å². The second kappa shape index (κ2) is 25.0. The smallest absolute Gasteiger partial charge is 0.306 e. The van der Waals surface area contributed by atoms with E-state index in [4.69, 9.17) is 4.74 Å². The summed E-state index contributed by atoms with van der Waals surface area (Å²) in [5.74, 6) is 0.882. The van der Waals surface area contributed by atoms with Gasteiger partial charge in [-0.05, 0) is 254 Å². The summed E-state index contributed by atoms with van der Waals surface area (Å²) in [7, 11) is 1.79. The van der Waals surface area contributed by atoms with Crippen LogP contribution < -0.4 is 21.1 Å². The number of methoxy groups -OCH3 is 1. The Balaban J connectivity index is 0.878. The molecule has 6 heterocycles. The molecule has 6 aliphatic heterocycles. The summed E-state index contributed by atoms with van der Waals surface area (Å²) >= 11 is 0. The van der Waals surface area contributed by atoms with Gasteiger partial charge in [-0.25, -0.2) is 0 Å². The lowest BCUT2D eigenvalue weighted by Crippen LogP contribution is -2.70. The van der Waals surface area contributed by atoms with E-state index in [1.807, 2.05) is 0 Å². The number of benzene rings is 4. The zero-order valence-corrected chi connectivity index (χ0v) is 57.1. The Morgan fingerprint density at radius 2 is 1.58 bits per heavy atom. The van der Waals surface area contributed by atoms with Gasteiger partial charge in [0.15, 0.2) is 0 Å². The van der Waals surface area contributed by atoms with Gasteiger partial charge < -0.3 is 35.8 Å². The maximum Gasteiger partial charge on any atom is 0.306 e. The van der Waals surface area contributed by atoms with E-state index >= 15 is 0 Å². The molecule has 14 atom stereocenters. The summed E-state index contributed by atoms with van der Waals surface area (Å²) < 4.78 is 5.54. The van der Waals surface area contributed by atoms with Gasteiger partial charge in [-0.1, -0.05) is 178 Å². The molecule has 15 bridgehead atoms. The number of carboxylic acids is 1. The maximum atomic E-state index is 14.9. The maximum absolute atomic E-state index is 14.9. The summed E-state index contributed by atoms with van der Waals surface area (Å²) in [5.41, 5.74) is 12.9. The Morgan fingerprint density at radius 1 is 0.789 bits per heavy atom. The van der Waals surface area contributed by atoms with Gasteiger partial charge in [0.2, 0.25) is 0 Å². The highest BCUT2D eigenvalue weighted by Crippen LogP contribution is 2.87. The molecular formula is C87H106N2O6. The van der Waals surface area contributed by atoms with E-state index in [-0.39, 0.29) is 39.9 Å². The van der Waals surface area contributed by atoms with Gasteiger partial charge in [0.25, 0.3) is 0 Å². The molecule has 95 heavy (non-hydrogen) atoms. The molecule has 0 radical (unpaired) electrons. The fourth-order valence-corrected chi connectivity index (χ4v) is 25.5. The number of aliphatic hydroxyl groups is 3. The predicted octanol–water partition coefficient (Wildman–Crippen LogP) is 16.1. The molecule has 5 saturated carbocycles. The van der Waals surface area contributed by atoms with Crippen molar-refractivity contribution in [3.05, 3.63) is 206 Å². The molecule has 14 unspecified atom stereocenters. The molecule has 20 rings (SSSR count). The molecule has 4 aromatic rings. The molecule has 4 aromatic carbocycles. The SMILES string of the molecule is COCCc1ccc(C(CCc2ccccc2)C2CCC3(CC2)CCC2CC4=C5CC67C=CCC8(C)C(O)CCC4(C4C=c9ccccc9=C(Cc9cccc(c9)C9=CC=C(NCCCC(C%10CCCCC%10)C(=CO)CCC(C(=O)O)C%10C(O)CC53C2%10C)NC9)C4=C6)C78)cc1. The monoisotopic (exact) mass is 1270 g/mol. The fraction of sp³-hybridized carbons (Fsp3) is 0.552. The summed E-state index contributed by atoms with van der Waals surface area (Å²) in [5, 5.41) is 60.8. The van der Waals surface area contributed by atoms with Crippen LogP contribution in [0.4, 0.5) is 0 Å². The number of ether oxygens (including phenoxy) is 1. The molecule has 5 fully saturated rings. The summed E-state index contributed by atoms with van der Waals surface area (Å²) in [6.07, 6.45) is 39.2. The lowest BCUT2D eigenvalue weighted by atomic mass is 9.27. The summed E-state index contributed by atoms with van der Waals surface area (Å²) in [6.45, 7) is 7.29. The van der Waals surface area contributed by atoms with Gasteiger partial charge in [0.1, 0.15) is 0 Å². The number of aliphatic hydroxyl groups excluding tert-OH is 3. The molecular weight excluding hydrogens is 1170 g/mol. The quantitative estimate of drug-likeness (QED) is 0.0684. The Bertz CT molecular complexity index is 3910. The van der Waals surface area contributed by atoms with Gasteiger partial charge in [-0.15, -0.1) is 0 Å². The van der Waals surface area contributed by atoms with Crippen LogP contribution in [0.5, 0.6) is 0 Å². The Kier molecular flexibility index (Phi) is 16.7. The Hall–Kier alpha value is -6.19. The Labute approximate surface area is 566 Å². The molecule has 6 N–H and O–H groups in total. The fourth-order valence-electron chi connectivity index (χ4n) is 25.5. The number of hydrogen-bond acceptors (Lipinski definition) is 7. The van der Waals surface area contributed by atoms with Crippen LogP contribution in [0.1, 0.15) is 189 Å². The van der Waals surface area contributed by atoms with Crippen LogP contribution in [0.2, 0.25) is 0 Å². The van der Waals surface area contributed by atoms with Gasteiger partial charge in [-0.3, -0.25) is 4.79 Å². The van der Waals surface area contributed by atoms with Crippen molar-refractivity contribution in [1.82, 2.24) is 10.6 Å². The van der Waals surface area contributed by atoms with Gasteiger partial charge in [-0.2, -0.15) is 0 Å². The number of rotatable bonds is 10. The zero-order chi connectivity index (χ0) is 64.9. The number of aryl methyl sites for hydroxylation is 1. The van der Waals surface area contributed by atoms with Crippen molar-refractivity contribution in [2.24, 2.45) is 79.8 Å². The molecule has 0 saturated heterocycles. The third-order valence-electron chi connectivity index (χ3n) is 29.3. The minimum absolute atomic E-state index is 0.0753. The third kappa shape index (κ3) is 10.1. The van der Waals surface area contributed by atoms with Crippen LogP contribution >= 0.6 is 0 Å². The minimum Gasteiger partial charge on any atom is -0.516 e. The number of carboxylic acid groups (broad SMARTS) is 1. The Morgan fingerprint density at radius 3 is 2.36 bits per heavy atom. The summed E-state index contributed by atoms with van der Waals surface area (Å²) in [4.78, 5) is 14.9. The number of allylic oxidation sites excluding steroid dienone is 9. The number of carbonyl (C=O) groups is 1. The minimum atomic E-state index is -0.806. The highest BCUT2D eigenvalue weighted by atomic mass is 16.5. The van der Waals surface area contributed by atoms with Crippen LogP contribution in [-0.2, 0) is 28.8 Å². The number of fused-ring (bicyclic) bond motifs is 1. The first-order valence-corrected chi connectivity index (χ1v) is 37.7. The van der Waals surface area contributed by atoms with Crippen LogP contribution in [0.25, 0.3) is 17.2 Å². The third-order valence-corrected chi connectivity index (χ3v) is 29.3. The number of nitrogens with one attached hydrogen (secondary N) is 2. The first-order valence-electron chi connectivity index (χ1n) is 37.7. The van der Waals surface area contributed by atoms with Crippen LogP contribution in [0.3, 0.4) is 0 Å². The molecule has 10 aliphatic carbocycles. The van der Waals surface area contributed by atoms with E-state index in [0.717, 1.165) is 146 Å². The molecule has 500 valence electrons. The van der Waals surface area contributed by atoms with Crippen molar-refractivity contribution in [2.45, 2.75) is 192 Å². The van der Waals surface area contributed by atoms with Crippen molar-refractivity contribution in [3.8, 4) is 0 Å². The van der Waals surface area contributed by atoms with E-state index in [1.165, 1.54) is 80.5 Å². The highest BCUT2D eigenvalue weighted by Gasteiger charge is 2.81. The normalized spacial score (nSPS) is 37.9. The molecule has 8 heteroatoms. The molecule has 3 spiro atoms. The van der Waals surface area contributed by atoms with Crippen LogP contribution in [-0.4, -0.2) is 65.4 Å². The van der Waals surface area contributed by atoms with E-state index in [1.54, 1.807) is 18.3 Å². The average Bonchev–Trinajstić information content (AvgIpc) is 1.63. The second-order valence-electron chi connectivity index (χ2n) is 33.1. The average molecular weight is 1280 g/mol. The van der Waals surface area contributed by atoms with Crippen molar-refractivity contribution in [2.75, 3.05) is 26.8 Å². The first-order chi connectivity index (χ1) is 46.3. The van der Waals surface area contributed by atoms with Crippen molar-refractivity contribution in [1.29, 1.82) is 0 Å². The lowest BCUT2D eigenvalue weighted by molar-refractivity contribution is -0.198. The van der Waals surface area contributed by atoms with E-state index < -0.39 is 46.3 Å². The van der Waals surface area contributed by atoms with Gasteiger partial charge >= 0.3 is 5.97 Å². The van der Waals surface area contributed by atoms with Gasteiger partial charge in [0.05, 0.1) is 36.8 Å². The van der Waals surface area contributed by atoms with Crippen molar-refractivity contribution >= 4 is 23.2 Å². The van der Waals surface area contributed by atoms with E-state index in [9.17, 15) is 25.2 Å². The molecule has 16 aliphatic rings. The van der Waals surface area contributed by atoms with Crippen LogP contribution in [0, 0.1) is 79.8 Å². The van der Waals surface area contributed by atoms with E-state index in [2.05, 4.69) is 164 Å². The van der Waals surface area contributed by atoms with Crippen molar-refractivity contribution < 1.29 is 30.0 Å². The van der Waals surface area contributed by atoms with Crippen LogP contribution in [0.15, 0.2) is 168 Å². The molecule has 0 amide bonds. The van der Waals surface area contributed by atoms with E-state index in [0.29, 0.717) is 43.6 Å². The van der Waals surface area contributed by atoms with Crippen molar-refractivity contribution in [3.63, 3.8) is 0 Å². The summed E-state index contributed by atoms with van der Waals surface area (Å²) in [6, 6.07) is 39.3. The number of aliphatic carboxylic acids is 1.